The third-order valence-corrected chi connectivity index (χ3v) is 7.66. The van der Waals surface area contributed by atoms with Crippen molar-refractivity contribution in [1.82, 2.24) is 0 Å². The molecule has 3 rings (SSSR count). The van der Waals surface area contributed by atoms with Crippen LogP contribution < -0.4 is 0 Å². The average Bonchev–Trinajstić information content (AvgIpc) is 2.77. The van der Waals surface area contributed by atoms with Crippen molar-refractivity contribution in [3.05, 3.63) is 89.7 Å². The number of nitrogens with one attached hydrogen (secondary N) is 1. The maximum absolute atomic E-state index is 12.9. The summed E-state index contributed by atoms with van der Waals surface area (Å²) in [5.41, 5.74) is 10.2. The van der Waals surface area contributed by atoms with Crippen LogP contribution in [0.1, 0.15) is 44.0 Å². The minimum absolute atomic E-state index is 0. The summed E-state index contributed by atoms with van der Waals surface area (Å²) in [5.74, 6) is 1.54. The summed E-state index contributed by atoms with van der Waals surface area (Å²) in [6.07, 6.45) is 0. The van der Waals surface area contributed by atoms with Crippen molar-refractivity contribution in [2.75, 3.05) is 5.75 Å². The van der Waals surface area contributed by atoms with Crippen molar-refractivity contribution < 1.29 is 25.7 Å². The average molecular weight is 536 g/mol. The number of benzene rings is 2. The molecule has 166 valence electrons. The van der Waals surface area contributed by atoms with Crippen LogP contribution in [0.5, 0.6) is 0 Å². The molecule has 2 aromatic rings. The van der Waals surface area contributed by atoms with E-state index in [-0.39, 0.29) is 19.1 Å². The molecule has 0 aliphatic heterocycles. The SMILES string of the molecule is CC1C(C)C(CS(=O)(=O)[N-]C(c2ccccc2)C([NH-])c2ccccc2)C1C.[CH3-].[Cl][Ru+3]. The molecule has 4 nitrogen and oxygen atoms in total. The number of nitrogens with zero attached hydrogens (tertiary/aromatic N) is 1. The molecule has 7 heteroatoms. The quantitative estimate of drug-likeness (QED) is 0.286. The maximum atomic E-state index is 12.9. The normalized spacial score (nSPS) is 25.0. The van der Waals surface area contributed by atoms with E-state index in [4.69, 9.17) is 5.73 Å². The molecule has 2 aromatic carbocycles. The van der Waals surface area contributed by atoms with Crippen LogP contribution >= 0.6 is 9.69 Å². The van der Waals surface area contributed by atoms with E-state index < -0.39 is 22.1 Å². The Kier molecular flexibility index (Phi) is 11.2. The van der Waals surface area contributed by atoms with Crippen LogP contribution in [0, 0.1) is 31.1 Å². The first-order valence-corrected chi connectivity index (χ1v) is 13.5. The van der Waals surface area contributed by atoms with Gasteiger partial charge in [-0.05, 0) is 23.7 Å². The molecule has 30 heavy (non-hydrogen) atoms. The van der Waals surface area contributed by atoms with Gasteiger partial charge in [0.2, 0.25) is 0 Å². The van der Waals surface area contributed by atoms with Gasteiger partial charge < -0.3 is 17.9 Å². The van der Waals surface area contributed by atoms with Crippen molar-refractivity contribution in [1.29, 1.82) is 0 Å². The molecular formula is C23H31ClN2O2RuS. The van der Waals surface area contributed by atoms with E-state index >= 15 is 0 Å². The Labute approximate surface area is 196 Å². The molecule has 0 amide bonds. The van der Waals surface area contributed by atoms with Crippen molar-refractivity contribution in [3.63, 3.8) is 0 Å². The van der Waals surface area contributed by atoms with Gasteiger partial charge in [-0.3, -0.25) is 0 Å². The summed E-state index contributed by atoms with van der Waals surface area (Å²) < 4.78 is 30.1. The fourth-order valence-electron chi connectivity index (χ4n) is 4.16. The topological polar surface area (TPSA) is 72.0 Å². The van der Waals surface area contributed by atoms with Crippen LogP contribution in [0.4, 0.5) is 0 Å². The van der Waals surface area contributed by atoms with Crippen LogP contribution in [0.3, 0.4) is 0 Å². The minimum atomic E-state index is -3.63. The Hall–Kier alpha value is -0.777. The molecule has 0 heterocycles. The Morgan fingerprint density at radius 1 is 0.900 bits per heavy atom. The van der Waals surface area contributed by atoms with Gasteiger partial charge in [0.1, 0.15) is 0 Å². The first-order chi connectivity index (χ1) is 13.8. The van der Waals surface area contributed by atoms with Gasteiger partial charge in [-0.25, -0.2) is 8.42 Å². The fourth-order valence-corrected chi connectivity index (χ4v) is 5.93. The second-order valence-electron chi connectivity index (χ2n) is 7.84. The van der Waals surface area contributed by atoms with Gasteiger partial charge >= 0.3 is 27.0 Å². The number of sulfonamides is 1. The molecule has 1 aliphatic rings. The summed E-state index contributed by atoms with van der Waals surface area (Å²) in [5, 5.41) is 0. The van der Waals surface area contributed by atoms with Gasteiger partial charge in [-0.1, -0.05) is 92.6 Å². The Morgan fingerprint density at radius 2 is 1.33 bits per heavy atom. The second kappa shape index (κ2) is 12.3. The van der Waals surface area contributed by atoms with Crippen LogP contribution in [0.15, 0.2) is 60.7 Å². The molecule has 0 aromatic heterocycles. The van der Waals surface area contributed by atoms with E-state index in [9.17, 15) is 8.42 Å². The first kappa shape index (κ1) is 27.3. The van der Waals surface area contributed by atoms with E-state index in [0.29, 0.717) is 17.8 Å². The van der Waals surface area contributed by atoms with Crippen LogP contribution in [-0.4, -0.2) is 14.2 Å². The van der Waals surface area contributed by atoms with Crippen LogP contribution in [0.2, 0.25) is 0 Å². The van der Waals surface area contributed by atoms with Crippen molar-refractivity contribution >= 4 is 19.7 Å². The van der Waals surface area contributed by atoms with Crippen molar-refractivity contribution in [3.8, 4) is 0 Å². The molecule has 1 saturated carbocycles. The summed E-state index contributed by atoms with van der Waals surface area (Å²) in [6.45, 7) is 6.42. The van der Waals surface area contributed by atoms with E-state index in [0.717, 1.165) is 11.1 Å². The second-order valence-corrected chi connectivity index (χ2v) is 9.55. The summed E-state index contributed by atoms with van der Waals surface area (Å²) in [6, 6.07) is 17.1. The van der Waals surface area contributed by atoms with Crippen molar-refractivity contribution in [2.45, 2.75) is 32.9 Å². The summed E-state index contributed by atoms with van der Waals surface area (Å²) >= 11 is 1.82. The molecule has 0 bridgehead atoms. The zero-order valence-electron chi connectivity index (χ0n) is 17.8. The zero-order valence-corrected chi connectivity index (χ0v) is 21.2. The number of halogens is 1. The number of rotatable bonds is 7. The first-order valence-electron chi connectivity index (χ1n) is 9.69. The molecule has 4 atom stereocenters. The third-order valence-electron chi connectivity index (χ3n) is 6.30. The molecule has 0 spiro atoms. The van der Waals surface area contributed by atoms with E-state index in [1.165, 1.54) is 0 Å². The van der Waals surface area contributed by atoms with E-state index in [2.05, 4.69) is 35.2 Å². The molecule has 0 radical (unpaired) electrons. The monoisotopic (exact) mass is 536 g/mol. The van der Waals surface area contributed by atoms with Gasteiger partial charge in [0.15, 0.2) is 0 Å². The van der Waals surface area contributed by atoms with Gasteiger partial charge in [-0.2, -0.15) is 0 Å². The Bertz CT molecular complexity index is 842. The van der Waals surface area contributed by atoms with Crippen molar-refractivity contribution in [2.24, 2.45) is 23.7 Å². The van der Waals surface area contributed by atoms with E-state index in [1.54, 1.807) is 0 Å². The predicted octanol–water partition coefficient (Wildman–Crippen LogP) is 6.90. The van der Waals surface area contributed by atoms with E-state index in [1.807, 2.05) is 78.0 Å². The predicted molar refractivity (Wildman–Crippen MR) is 123 cm³/mol. The Balaban J connectivity index is 0.00000146. The third kappa shape index (κ3) is 6.61. The van der Waals surface area contributed by atoms with Crippen LogP contribution in [-0.2, 0) is 27.3 Å². The summed E-state index contributed by atoms with van der Waals surface area (Å²) in [7, 11) is 0.943. The number of hydrogen-bond acceptors (Lipinski definition) is 2. The molecule has 0 saturated heterocycles. The fraction of sp³-hybridized carbons (Fsp3) is 0.435. The van der Waals surface area contributed by atoms with Crippen LogP contribution in [0.25, 0.3) is 10.5 Å². The molecule has 1 aliphatic carbocycles. The summed E-state index contributed by atoms with van der Waals surface area (Å²) in [4.78, 5) is 0. The van der Waals surface area contributed by atoms with Gasteiger partial charge in [-0.15, -0.1) is 12.1 Å². The molecular weight excluding hydrogens is 505 g/mol. The van der Waals surface area contributed by atoms with Gasteiger partial charge in [0, 0.05) is 5.75 Å². The molecule has 1 N–H and O–H groups in total. The molecule has 4 unspecified atom stereocenters. The van der Waals surface area contributed by atoms with Gasteiger partial charge in [0.25, 0.3) is 0 Å². The Morgan fingerprint density at radius 3 is 1.80 bits per heavy atom. The zero-order chi connectivity index (χ0) is 21.6. The number of hydrogen-bond donors (Lipinski definition) is 0. The van der Waals surface area contributed by atoms with Gasteiger partial charge in [0.05, 0.1) is 10.0 Å². The standard InChI is InChI=1S/C22H28N2O2S.CH3.ClH.Ru/c1-15-16(2)20(17(15)3)14-27(25,26)24-22(19-12-8-5-9-13-19)21(23)18-10-6-4-7-11-18;;;/h4-13,15-17,20-23H,14H2,1-3H3;1H3;1H;/q-2;-1;;+4/p-1. The molecule has 1 fully saturated rings.